The molecule has 0 saturated carbocycles. The van der Waals surface area contributed by atoms with Crippen LogP contribution >= 0.6 is 0 Å². The SMILES string of the molecule is CC(=O)N[C@H]1[C@H]([C@H](O)[C@H](O)CO)O[C@@](O[C@H](CO)[C@@H](O)[C@@H]2O[C@@](O)(C(=O)[O-])C[C@H](O)[C@H]2NC(C)=O)(C(=O)[O-])C[C@@H]1O.[Na+].[Na+]. The Balaban J connectivity index is 0.00000882. The molecule has 2 amide bonds. The molecule has 0 radical (unpaired) electrons. The van der Waals surface area contributed by atoms with Crippen LogP contribution in [0.15, 0.2) is 0 Å². The molecule has 2 rings (SSSR count). The van der Waals surface area contributed by atoms with Crippen molar-refractivity contribution in [3.8, 4) is 0 Å². The number of rotatable bonds is 12. The van der Waals surface area contributed by atoms with E-state index in [0.717, 1.165) is 13.8 Å². The van der Waals surface area contributed by atoms with Gasteiger partial charge in [0.15, 0.2) is 0 Å². The van der Waals surface area contributed by atoms with Crippen molar-refractivity contribution in [3.05, 3.63) is 0 Å². The second-order valence-electron chi connectivity index (χ2n) is 9.84. The van der Waals surface area contributed by atoms with Crippen molar-refractivity contribution in [2.24, 2.45) is 0 Å². The number of hydrogen-bond donors (Lipinski definition) is 10. The van der Waals surface area contributed by atoms with Crippen LogP contribution in [0.2, 0.25) is 0 Å². The number of amides is 2. The van der Waals surface area contributed by atoms with Crippen LogP contribution < -0.4 is 80.0 Å². The molecular weight excluding hydrogens is 610 g/mol. The first kappa shape index (κ1) is 42.4. The third-order valence-corrected chi connectivity index (χ3v) is 6.69. The van der Waals surface area contributed by atoms with Crippen molar-refractivity contribution in [1.82, 2.24) is 10.6 Å². The maximum absolute atomic E-state index is 12.3. The van der Waals surface area contributed by atoms with E-state index in [4.69, 9.17) is 14.2 Å². The second kappa shape index (κ2) is 17.4. The van der Waals surface area contributed by atoms with Crippen LogP contribution in [0, 0.1) is 0 Å². The largest absolute Gasteiger partial charge is 1.00 e. The Morgan fingerprint density at radius 1 is 0.837 bits per heavy atom. The van der Waals surface area contributed by atoms with Crippen molar-refractivity contribution in [2.45, 2.75) is 99.2 Å². The molecule has 12 atom stereocenters. The quantitative estimate of drug-likeness (QED) is 0.0881. The monoisotopic (exact) mass is 644 g/mol. The van der Waals surface area contributed by atoms with E-state index in [0.29, 0.717) is 0 Å². The number of carboxylic acids is 2. The number of hydrogen-bond acceptors (Lipinski definition) is 17. The van der Waals surface area contributed by atoms with Gasteiger partial charge in [-0.3, -0.25) is 9.59 Å². The fourth-order valence-electron chi connectivity index (χ4n) is 4.71. The molecule has 0 aromatic rings. The molecule has 2 fully saturated rings. The maximum atomic E-state index is 12.3. The molecule has 2 saturated heterocycles. The van der Waals surface area contributed by atoms with Crippen LogP contribution in [0.4, 0.5) is 0 Å². The van der Waals surface area contributed by atoms with E-state index in [2.05, 4.69) is 10.6 Å². The van der Waals surface area contributed by atoms with Crippen molar-refractivity contribution in [3.63, 3.8) is 0 Å². The molecule has 0 aromatic heterocycles. The van der Waals surface area contributed by atoms with Gasteiger partial charge in [-0.25, -0.2) is 0 Å². The first-order valence-electron chi connectivity index (χ1n) is 12.3. The van der Waals surface area contributed by atoms with Crippen LogP contribution in [-0.4, -0.2) is 150 Å². The predicted octanol–water partition coefficient (Wildman–Crippen LogP) is -15.4. The number of aliphatic hydroxyl groups is 8. The summed E-state index contributed by atoms with van der Waals surface area (Å²) in [5, 5.41) is 110. The Kier molecular flexibility index (Phi) is 17.2. The van der Waals surface area contributed by atoms with Gasteiger partial charge in [-0.05, 0) is 0 Å². The number of carbonyl (C=O) groups excluding carboxylic acids is 4. The van der Waals surface area contributed by atoms with E-state index in [9.17, 15) is 70.2 Å². The summed E-state index contributed by atoms with van der Waals surface area (Å²) in [4.78, 5) is 47.1. The van der Waals surface area contributed by atoms with Crippen molar-refractivity contribution in [1.29, 1.82) is 0 Å². The molecule has 0 aromatic carbocycles. The molecule has 2 aliphatic heterocycles. The molecule has 21 heteroatoms. The molecule has 0 aliphatic carbocycles. The summed E-state index contributed by atoms with van der Waals surface area (Å²) >= 11 is 0. The Morgan fingerprint density at radius 3 is 1.70 bits per heavy atom. The molecule has 236 valence electrons. The van der Waals surface area contributed by atoms with Crippen LogP contribution in [0.25, 0.3) is 0 Å². The Hall–Kier alpha value is -0.560. The minimum absolute atomic E-state index is 0. The van der Waals surface area contributed by atoms with Crippen LogP contribution in [0.3, 0.4) is 0 Å². The molecule has 2 aliphatic rings. The van der Waals surface area contributed by atoms with Gasteiger partial charge in [0.25, 0.3) is 0 Å². The van der Waals surface area contributed by atoms with E-state index >= 15 is 0 Å². The molecule has 0 spiro atoms. The van der Waals surface area contributed by atoms with E-state index in [-0.39, 0.29) is 59.1 Å². The topological polar surface area (TPSA) is 328 Å². The van der Waals surface area contributed by atoms with Gasteiger partial charge >= 0.3 is 59.1 Å². The molecule has 10 N–H and O–H groups in total. The number of aliphatic hydroxyl groups excluding tert-OH is 7. The van der Waals surface area contributed by atoms with Gasteiger partial charge < -0.3 is 85.5 Å². The normalized spacial score (nSPS) is 35.1. The third kappa shape index (κ3) is 9.96. The maximum Gasteiger partial charge on any atom is 1.00 e. The Bertz CT molecular complexity index is 980. The summed E-state index contributed by atoms with van der Waals surface area (Å²) in [6.45, 7) is -0.389. The van der Waals surface area contributed by atoms with Gasteiger partial charge in [0, 0.05) is 26.7 Å². The first-order valence-corrected chi connectivity index (χ1v) is 12.3. The summed E-state index contributed by atoms with van der Waals surface area (Å²) < 4.78 is 15.7. The third-order valence-electron chi connectivity index (χ3n) is 6.69. The zero-order chi connectivity index (χ0) is 31.4. The van der Waals surface area contributed by atoms with Crippen molar-refractivity contribution >= 4 is 23.8 Å². The van der Waals surface area contributed by atoms with Gasteiger partial charge in [0.1, 0.15) is 48.6 Å². The van der Waals surface area contributed by atoms with Gasteiger partial charge in [0.05, 0.1) is 37.5 Å². The fourth-order valence-corrected chi connectivity index (χ4v) is 4.71. The van der Waals surface area contributed by atoms with E-state index in [1.807, 2.05) is 0 Å². The predicted molar refractivity (Wildman–Crippen MR) is 121 cm³/mol. The average Bonchev–Trinajstić information content (AvgIpc) is 2.88. The van der Waals surface area contributed by atoms with E-state index in [1.165, 1.54) is 0 Å². The average molecular weight is 644 g/mol. The zero-order valence-corrected chi connectivity index (χ0v) is 27.9. The van der Waals surface area contributed by atoms with Crippen molar-refractivity contribution in [2.75, 3.05) is 13.2 Å². The smallest absolute Gasteiger partial charge is 0.544 e. The molecular formula is C22H34N2Na2O17. The van der Waals surface area contributed by atoms with Crippen LogP contribution in [0.5, 0.6) is 0 Å². The molecule has 0 bridgehead atoms. The summed E-state index contributed by atoms with van der Waals surface area (Å²) in [5.41, 5.74) is 0. The van der Waals surface area contributed by atoms with Gasteiger partial charge in [0.2, 0.25) is 23.4 Å². The summed E-state index contributed by atoms with van der Waals surface area (Å²) in [5.74, 6) is -12.5. The summed E-state index contributed by atoms with van der Waals surface area (Å²) in [6.07, 6.45) is -18.8. The summed E-state index contributed by atoms with van der Waals surface area (Å²) in [7, 11) is 0. The number of aliphatic carboxylic acids is 2. The van der Waals surface area contributed by atoms with Gasteiger partial charge in [-0.1, -0.05) is 0 Å². The minimum Gasteiger partial charge on any atom is -0.544 e. The fraction of sp³-hybridized carbons (Fsp3) is 0.818. The van der Waals surface area contributed by atoms with Gasteiger partial charge in [-0.15, -0.1) is 0 Å². The first-order chi connectivity index (χ1) is 18.9. The van der Waals surface area contributed by atoms with E-state index in [1.54, 1.807) is 0 Å². The Labute approximate surface area is 288 Å². The molecule has 43 heavy (non-hydrogen) atoms. The van der Waals surface area contributed by atoms with Crippen LogP contribution in [0.1, 0.15) is 26.7 Å². The zero-order valence-electron chi connectivity index (χ0n) is 23.9. The minimum atomic E-state index is -3.22. The summed E-state index contributed by atoms with van der Waals surface area (Å²) in [6, 6.07) is -3.24. The number of carbonyl (C=O) groups is 4. The number of carboxylic acid groups (broad SMARTS) is 2. The second-order valence-corrected chi connectivity index (χ2v) is 9.84. The number of nitrogens with one attached hydrogen (secondary N) is 2. The number of ether oxygens (including phenoxy) is 3. The molecule has 19 nitrogen and oxygen atoms in total. The Morgan fingerprint density at radius 2 is 1.30 bits per heavy atom. The van der Waals surface area contributed by atoms with Crippen molar-refractivity contribution < 1.29 is 144 Å². The van der Waals surface area contributed by atoms with E-state index < -0.39 is 122 Å². The van der Waals surface area contributed by atoms with Crippen LogP contribution in [-0.2, 0) is 33.4 Å². The molecule has 2 heterocycles. The molecule has 0 unspecified atom stereocenters. The standard InChI is InChI=1S/C22H36N2O17.2Na/c1-7(27)23-13-9(29)3-21(38,19(34)35)40-18(13)16(33)12(6-26)39-22(20(36)37)4-10(30)14(24-8(2)28)17(41-22)15(32)11(31)5-25;;/h9-18,25-26,29-33,38H,3-6H2,1-2H3,(H,23,27)(H,24,28)(H,34,35)(H,36,37);;/q;2*+1/p-2/t9-,10-,11+,12+,13+,14+,15+,16+,17+,18+,21+,22+;;/m0../s1. The van der Waals surface area contributed by atoms with Gasteiger partial charge in [-0.2, -0.15) is 0 Å².